The molecule has 0 bridgehead atoms. The largest absolute Gasteiger partial charge is 1.00 e. The number of nitrogens with zero attached hydrogens (tertiary/aromatic N) is 1. The van der Waals surface area contributed by atoms with Crippen LogP contribution in [-0.4, -0.2) is 30.7 Å². The van der Waals surface area contributed by atoms with Crippen molar-refractivity contribution >= 4 is 0 Å². The van der Waals surface area contributed by atoms with Gasteiger partial charge in [-0.05, 0) is 30.5 Å². The zero-order valence-corrected chi connectivity index (χ0v) is 17.0. The summed E-state index contributed by atoms with van der Waals surface area (Å²) in [6, 6.07) is 14.4. The van der Waals surface area contributed by atoms with Gasteiger partial charge in [-0.3, -0.25) is 0 Å². The standard InChI is InChI=1S/C20H28NO.HI/c1-15-11-16(2)19(14-21(3,4)5)18(12-15)13-20(22)17-9-7-6-8-10-17;/h6-12,20,22H,13-14H2,1-5H3;1H/q+1;/p-1. The Morgan fingerprint density at radius 3 is 2.17 bits per heavy atom. The molecule has 0 aliphatic rings. The molecule has 1 N–H and O–H groups in total. The van der Waals surface area contributed by atoms with E-state index in [1.807, 2.05) is 30.3 Å². The number of halogens is 1. The van der Waals surface area contributed by atoms with Gasteiger partial charge in [0.15, 0.2) is 0 Å². The number of aliphatic hydroxyl groups excluding tert-OH is 1. The van der Waals surface area contributed by atoms with Crippen LogP contribution in [0.2, 0.25) is 0 Å². The van der Waals surface area contributed by atoms with Crippen LogP contribution in [0.5, 0.6) is 0 Å². The molecule has 0 heterocycles. The molecule has 0 amide bonds. The van der Waals surface area contributed by atoms with Crippen molar-refractivity contribution in [1.29, 1.82) is 0 Å². The van der Waals surface area contributed by atoms with E-state index in [1.54, 1.807) is 0 Å². The molecule has 0 aliphatic heterocycles. The Bertz CT molecular complexity index is 632. The molecule has 0 aliphatic carbocycles. The average molecular weight is 425 g/mol. The highest BCUT2D eigenvalue weighted by atomic mass is 127. The molecule has 0 fully saturated rings. The van der Waals surface area contributed by atoms with E-state index in [9.17, 15) is 5.11 Å². The third-order valence-corrected chi connectivity index (χ3v) is 3.94. The molecule has 2 aromatic carbocycles. The summed E-state index contributed by atoms with van der Waals surface area (Å²) in [5.74, 6) is 0. The monoisotopic (exact) mass is 425 g/mol. The SMILES string of the molecule is Cc1cc(C)c(C[N+](C)(C)C)c(CC(O)c2ccccc2)c1.[I-]. The van der Waals surface area contributed by atoms with Crippen molar-refractivity contribution in [3.8, 4) is 0 Å². The minimum atomic E-state index is -0.450. The number of aryl methyl sites for hydroxylation is 2. The smallest absolute Gasteiger partial charge is 0.104 e. The molecule has 1 unspecified atom stereocenters. The first-order valence-electron chi connectivity index (χ1n) is 7.89. The van der Waals surface area contributed by atoms with Gasteiger partial charge in [-0.1, -0.05) is 48.0 Å². The summed E-state index contributed by atoms with van der Waals surface area (Å²) in [5, 5.41) is 10.6. The molecule has 0 aromatic heterocycles. The number of benzene rings is 2. The van der Waals surface area contributed by atoms with E-state index in [2.05, 4.69) is 47.1 Å². The topological polar surface area (TPSA) is 20.2 Å². The summed E-state index contributed by atoms with van der Waals surface area (Å²) >= 11 is 0. The summed E-state index contributed by atoms with van der Waals surface area (Å²) in [7, 11) is 6.62. The van der Waals surface area contributed by atoms with E-state index in [0.717, 1.165) is 16.6 Å². The van der Waals surface area contributed by atoms with Gasteiger partial charge in [0.1, 0.15) is 6.54 Å². The lowest BCUT2D eigenvalue weighted by Crippen LogP contribution is -3.00. The van der Waals surface area contributed by atoms with Crippen LogP contribution in [0.15, 0.2) is 42.5 Å². The predicted molar refractivity (Wildman–Crippen MR) is 92.8 cm³/mol. The third-order valence-electron chi connectivity index (χ3n) is 3.94. The van der Waals surface area contributed by atoms with Gasteiger partial charge in [-0.15, -0.1) is 0 Å². The fourth-order valence-corrected chi connectivity index (χ4v) is 2.97. The van der Waals surface area contributed by atoms with E-state index in [1.165, 1.54) is 22.3 Å². The average Bonchev–Trinajstić information content (AvgIpc) is 2.42. The summed E-state index contributed by atoms with van der Waals surface area (Å²) < 4.78 is 0.887. The van der Waals surface area contributed by atoms with Crippen LogP contribution in [0.1, 0.15) is 33.9 Å². The molecule has 2 rings (SSSR count). The van der Waals surface area contributed by atoms with Crippen molar-refractivity contribution in [2.45, 2.75) is 32.9 Å². The molecule has 2 nitrogen and oxygen atoms in total. The highest BCUT2D eigenvalue weighted by Crippen LogP contribution is 2.25. The van der Waals surface area contributed by atoms with Gasteiger partial charge < -0.3 is 33.6 Å². The maximum Gasteiger partial charge on any atom is 0.104 e. The maximum absolute atomic E-state index is 10.6. The van der Waals surface area contributed by atoms with Crippen molar-refractivity contribution in [2.24, 2.45) is 0 Å². The quantitative estimate of drug-likeness (QED) is 0.555. The van der Waals surface area contributed by atoms with Gasteiger partial charge in [0.05, 0.1) is 27.2 Å². The Hall–Kier alpha value is -0.910. The minimum Gasteiger partial charge on any atom is -1.00 e. The normalized spacial score (nSPS) is 12.6. The molecule has 1 atom stereocenters. The zero-order valence-electron chi connectivity index (χ0n) is 14.8. The van der Waals surface area contributed by atoms with Crippen molar-refractivity contribution in [3.05, 3.63) is 70.3 Å². The van der Waals surface area contributed by atoms with E-state index >= 15 is 0 Å². The van der Waals surface area contributed by atoms with Crippen LogP contribution >= 0.6 is 0 Å². The van der Waals surface area contributed by atoms with Gasteiger partial charge in [0.2, 0.25) is 0 Å². The second kappa shape index (κ2) is 8.27. The zero-order chi connectivity index (χ0) is 16.3. The molecule has 0 saturated heterocycles. The number of rotatable bonds is 5. The van der Waals surface area contributed by atoms with Gasteiger partial charge in [0, 0.05) is 12.0 Å². The van der Waals surface area contributed by atoms with Crippen LogP contribution in [-0.2, 0) is 13.0 Å². The first-order chi connectivity index (χ1) is 10.3. The van der Waals surface area contributed by atoms with Gasteiger partial charge in [0.25, 0.3) is 0 Å². The lowest BCUT2D eigenvalue weighted by Gasteiger charge is -2.27. The Kier molecular flexibility index (Phi) is 7.24. The van der Waals surface area contributed by atoms with E-state index in [-0.39, 0.29) is 24.0 Å². The molecule has 126 valence electrons. The first-order valence-corrected chi connectivity index (χ1v) is 7.89. The van der Waals surface area contributed by atoms with Crippen LogP contribution in [0.3, 0.4) is 0 Å². The Morgan fingerprint density at radius 1 is 1.00 bits per heavy atom. The van der Waals surface area contributed by atoms with Crippen LogP contribution in [0, 0.1) is 13.8 Å². The lowest BCUT2D eigenvalue weighted by molar-refractivity contribution is -0.884. The Labute approximate surface area is 157 Å². The molecule has 2 aromatic rings. The van der Waals surface area contributed by atoms with Crippen molar-refractivity contribution in [3.63, 3.8) is 0 Å². The number of hydrogen-bond acceptors (Lipinski definition) is 1. The summed E-state index contributed by atoms with van der Waals surface area (Å²) in [5.41, 5.74) is 6.20. The number of aliphatic hydroxyl groups is 1. The Morgan fingerprint density at radius 2 is 1.61 bits per heavy atom. The van der Waals surface area contributed by atoms with Crippen molar-refractivity contribution in [1.82, 2.24) is 0 Å². The van der Waals surface area contributed by atoms with Crippen LogP contribution in [0.25, 0.3) is 0 Å². The fraction of sp³-hybridized carbons (Fsp3) is 0.400. The van der Waals surface area contributed by atoms with Gasteiger partial charge >= 0.3 is 0 Å². The van der Waals surface area contributed by atoms with Crippen LogP contribution in [0.4, 0.5) is 0 Å². The van der Waals surface area contributed by atoms with Crippen LogP contribution < -0.4 is 24.0 Å². The number of hydrogen-bond donors (Lipinski definition) is 1. The molecule has 0 spiro atoms. The summed E-state index contributed by atoms with van der Waals surface area (Å²) in [6.45, 7) is 5.28. The highest BCUT2D eigenvalue weighted by Gasteiger charge is 2.18. The van der Waals surface area contributed by atoms with Crippen molar-refractivity contribution in [2.75, 3.05) is 21.1 Å². The summed E-state index contributed by atoms with van der Waals surface area (Å²) in [6.07, 6.45) is 0.218. The lowest BCUT2D eigenvalue weighted by atomic mass is 9.92. The van der Waals surface area contributed by atoms with E-state index < -0.39 is 6.10 Å². The highest BCUT2D eigenvalue weighted by molar-refractivity contribution is 5.39. The Balaban J connectivity index is 0.00000264. The van der Waals surface area contributed by atoms with Gasteiger partial charge in [-0.25, -0.2) is 0 Å². The summed E-state index contributed by atoms with van der Waals surface area (Å²) in [4.78, 5) is 0. The molecule has 23 heavy (non-hydrogen) atoms. The van der Waals surface area contributed by atoms with E-state index in [4.69, 9.17) is 0 Å². The molecule has 0 saturated carbocycles. The first kappa shape index (κ1) is 20.1. The molecular formula is C20H28INO. The second-order valence-electron chi connectivity index (χ2n) is 7.30. The maximum atomic E-state index is 10.6. The second-order valence-corrected chi connectivity index (χ2v) is 7.30. The number of quaternary nitrogens is 1. The third kappa shape index (κ3) is 5.90. The van der Waals surface area contributed by atoms with Crippen molar-refractivity contribution < 1.29 is 33.6 Å². The molecule has 0 radical (unpaired) electrons. The minimum absolute atomic E-state index is 0. The van der Waals surface area contributed by atoms with E-state index in [0.29, 0.717) is 6.42 Å². The van der Waals surface area contributed by atoms with Gasteiger partial charge in [-0.2, -0.15) is 0 Å². The molecular weight excluding hydrogens is 397 g/mol. The molecule has 3 heteroatoms. The predicted octanol–water partition coefficient (Wildman–Crippen LogP) is 0.790. The fourth-order valence-electron chi connectivity index (χ4n) is 2.97.